The van der Waals surface area contributed by atoms with E-state index in [1.54, 1.807) is 20.2 Å². The van der Waals surface area contributed by atoms with Gasteiger partial charge in [-0.05, 0) is 36.6 Å². The van der Waals surface area contributed by atoms with Gasteiger partial charge in [-0.25, -0.2) is 4.79 Å². The number of H-pyrrole nitrogens is 1. The number of benzene rings is 1. The van der Waals surface area contributed by atoms with Gasteiger partial charge < -0.3 is 0 Å². The van der Waals surface area contributed by atoms with Gasteiger partial charge in [0.25, 0.3) is 5.56 Å². The Morgan fingerprint density at radius 1 is 1.12 bits per heavy atom. The van der Waals surface area contributed by atoms with Crippen molar-refractivity contribution in [1.82, 2.24) is 14.5 Å². The Labute approximate surface area is 150 Å². The molecule has 0 saturated carbocycles. The third-order valence-corrected chi connectivity index (χ3v) is 4.83. The van der Waals surface area contributed by atoms with E-state index in [1.165, 1.54) is 4.57 Å². The van der Waals surface area contributed by atoms with Crippen LogP contribution in [0.3, 0.4) is 0 Å². The van der Waals surface area contributed by atoms with Crippen molar-refractivity contribution in [3.8, 4) is 11.3 Å². The number of aromatic nitrogens is 3. The molecular weight excluding hydrogens is 338 g/mol. The van der Waals surface area contributed by atoms with Crippen LogP contribution in [0.25, 0.3) is 11.3 Å². The van der Waals surface area contributed by atoms with Crippen LogP contribution in [0, 0.1) is 13.8 Å². The summed E-state index contributed by atoms with van der Waals surface area (Å²) >= 11 is 6.31. The highest BCUT2D eigenvalue weighted by molar-refractivity contribution is 6.31. The molecule has 25 heavy (non-hydrogen) atoms. The predicted molar refractivity (Wildman–Crippen MR) is 99.3 cm³/mol. The van der Waals surface area contributed by atoms with Gasteiger partial charge in [0.05, 0.1) is 16.4 Å². The molecule has 0 radical (unpaired) electrons. The van der Waals surface area contributed by atoms with E-state index in [9.17, 15) is 9.59 Å². The van der Waals surface area contributed by atoms with Gasteiger partial charge in [-0.1, -0.05) is 35.9 Å². The smallest absolute Gasteiger partial charge is 0.296 e. The molecule has 1 aromatic carbocycles. The van der Waals surface area contributed by atoms with Crippen LogP contribution in [0.15, 0.2) is 46.1 Å². The van der Waals surface area contributed by atoms with Crippen molar-refractivity contribution in [2.75, 3.05) is 0 Å². The normalized spacial score (nSPS) is 10.9. The summed E-state index contributed by atoms with van der Waals surface area (Å²) in [5, 5.41) is 0.680. The van der Waals surface area contributed by atoms with Crippen LogP contribution in [-0.4, -0.2) is 14.5 Å². The summed E-state index contributed by atoms with van der Waals surface area (Å²) in [6.07, 6.45) is 2.37. The molecule has 5 nitrogen and oxygen atoms in total. The van der Waals surface area contributed by atoms with Gasteiger partial charge in [-0.15, -0.1) is 0 Å². The fourth-order valence-corrected chi connectivity index (χ4v) is 3.02. The molecule has 0 aliphatic rings. The monoisotopic (exact) mass is 355 g/mol. The first-order chi connectivity index (χ1) is 11.9. The van der Waals surface area contributed by atoms with E-state index in [0.717, 1.165) is 22.4 Å². The molecule has 0 bridgehead atoms. The second kappa shape index (κ2) is 6.69. The van der Waals surface area contributed by atoms with E-state index in [0.29, 0.717) is 22.7 Å². The lowest BCUT2D eigenvalue weighted by atomic mass is 10.0. The maximum absolute atomic E-state index is 11.9. The van der Waals surface area contributed by atoms with Gasteiger partial charge in [-0.2, -0.15) is 0 Å². The molecule has 0 amide bonds. The Balaban J connectivity index is 1.98. The van der Waals surface area contributed by atoms with Crippen molar-refractivity contribution in [2.45, 2.75) is 20.3 Å². The predicted octanol–water partition coefficient (Wildman–Crippen LogP) is 3.00. The SMILES string of the molecule is Cc1ccnc(Cc2ccc(-c3c(C)c(=O)[nH]c(=O)n3C)cc2)c1Cl. The zero-order valence-corrected chi connectivity index (χ0v) is 15.0. The zero-order chi connectivity index (χ0) is 18.1. The number of hydrogen-bond acceptors (Lipinski definition) is 3. The Kier molecular flexibility index (Phi) is 4.59. The topological polar surface area (TPSA) is 67.8 Å². The van der Waals surface area contributed by atoms with Crippen molar-refractivity contribution in [3.63, 3.8) is 0 Å². The molecule has 0 saturated heterocycles. The lowest BCUT2D eigenvalue weighted by Gasteiger charge is -2.11. The van der Waals surface area contributed by atoms with Crippen LogP contribution in [0.1, 0.15) is 22.4 Å². The fourth-order valence-electron chi connectivity index (χ4n) is 2.84. The lowest BCUT2D eigenvalue weighted by Crippen LogP contribution is -2.31. The highest BCUT2D eigenvalue weighted by Gasteiger charge is 2.11. The van der Waals surface area contributed by atoms with Crippen molar-refractivity contribution >= 4 is 11.6 Å². The number of halogens is 1. The number of aromatic amines is 1. The quantitative estimate of drug-likeness (QED) is 0.785. The average Bonchev–Trinajstić information content (AvgIpc) is 2.59. The van der Waals surface area contributed by atoms with Crippen molar-refractivity contribution < 1.29 is 0 Å². The highest BCUT2D eigenvalue weighted by atomic mass is 35.5. The molecule has 0 spiro atoms. The molecular formula is C19H18ClN3O2. The van der Waals surface area contributed by atoms with Crippen molar-refractivity contribution in [1.29, 1.82) is 0 Å². The zero-order valence-electron chi connectivity index (χ0n) is 14.3. The van der Waals surface area contributed by atoms with Crippen LogP contribution >= 0.6 is 11.6 Å². The standard InChI is InChI=1S/C19H18ClN3O2/c1-11-8-9-21-15(16(11)20)10-13-4-6-14(7-5-13)17-12(2)18(24)22-19(25)23(17)3/h4-9H,10H2,1-3H3,(H,22,24,25). The molecule has 1 N–H and O–H groups in total. The third kappa shape index (κ3) is 3.28. The first-order valence-electron chi connectivity index (χ1n) is 7.87. The molecule has 0 atom stereocenters. The van der Waals surface area contributed by atoms with Crippen molar-refractivity contribution in [3.05, 3.63) is 84.8 Å². The van der Waals surface area contributed by atoms with Crippen LogP contribution < -0.4 is 11.2 Å². The van der Waals surface area contributed by atoms with E-state index < -0.39 is 5.69 Å². The minimum Gasteiger partial charge on any atom is -0.296 e. The number of nitrogens with zero attached hydrogens (tertiary/aromatic N) is 2. The number of nitrogens with one attached hydrogen (secondary N) is 1. The van der Waals surface area contributed by atoms with Gasteiger partial charge >= 0.3 is 5.69 Å². The summed E-state index contributed by atoms with van der Waals surface area (Å²) in [6, 6.07) is 9.60. The second-order valence-electron chi connectivity index (χ2n) is 6.05. The summed E-state index contributed by atoms with van der Waals surface area (Å²) in [6.45, 7) is 3.66. The van der Waals surface area contributed by atoms with Gasteiger partial charge in [0.15, 0.2) is 0 Å². The molecule has 2 aromatic heterocycles. The molecule has 3 aromatic rings. The van der Waals surface area contributed by atoms with E-state index in [4.69, 9.17) is 11.6 Å². The molecule has 0 aliphatic carbocycles. The molecule has 6 heteroatoms. The first kappa shape index (κ1) is 17.2. The van der Waals surface area contributed by atoms with Crippen LogP contribution in [0.5, 0.6) is 0 Å². The minimum absolute atomic E-state index is 0.363. The van der Waals surface area contributed by atoms with Crippen LogP contribution in [-0.2, 0) is 13.5 Å². The van der Waals surface area contributed by atoms with Crippen LogP contribution in [0.2, 0.25) is 5.02 Å². The number of rotatable bonds is 3. The van der Waals surface area contributed by atoms with Gasteiger partial charge in [0.1, 0.15) is 0 Å². The van der Waals surface area contributed by atoms with E-state index in [-0.39, 0.29) is 5.56 Å². The molecule has 3 rings (SSSR count). The Hall–Kier alpha value is -2.66. The molecule has 2 heterocycles. The number of aryl methyl sites for hydroxylation is 1. The fraction of sp³-hybridized carbons (Fsp3) is 0.211. The minimum atomic E-state index is -0.426. The summed E-state index contributed by atoms with van der Waals surface area (Å²) in [7, 11) is 1.64. The summed E-state index contributed by atoms with van der Waals surface area (Å²) < 4.78 is 1.45. The van der Waals surface area contributed by atoms with Gasteiger partial charge in [0.2, 0.25) is 0 Å². The maximum atomic E-state index is 11.9. The summed E-state index contributed by atoms with van der Waals surface area (Å²) in [5.41, 5.74) is 4.03. The Morgan fingerprint density at radius 3 is 2.48 bits per heavy atom. The average molecular weight is 356 g/mol. The summed E-state index contributed by atoms with van der Waals surface area (Å²) in [4.78, 5) is 30.4. The third-order valence-electron chi connectivity index (χ3n) is 4.31. The Bertz CT molecular complexity index is 1020. The van der Waals surface area contributed by atoms with E-state index >= 15 is 0 Å². The largest absolute Gasteiger partial charge is 0.328 e. The second-order valence-corrected chi connectivity index (χ2v) is 6.43. The van der Waals surface area contributed by atoms with E-state index in [1.807, 2.05) is 37.3 Å². The molecule has 0 fully saturated rings. The number of pyridine rings is 1. The molecule has 0 unspecified atom stereocenters. The van der Waals surface area contributed by atoms with Gasteiger partial charge in [-0.3, -0.25) is 19.3 Å². The molecule has 128 valence electrons. The number of hydrogen-bond donors (Lipinski definition) is 1. The first-order valence-corrected chi connectivity index (χ1v) is 8.25. The van der Waals surface area contributed by atoms with E-state index in [2.05, 4.69) is 9.97 Å². The summed E-state index contributed by atoms with van der Waals surface area (Å²) in [5.74, 6) is 0. The lowest BCUT2D eigenvalue weighted by molar-refractivity contribution is 0.799. The van der Waals surface area contributed by atoms with Gasteiger partial charge in [0, 0.05) is 25.2 Å². The highest BCUT2D eigenvalue weighted by Crippen LogP contribution is 2.23. The molecule has 0 aliphatic heterocycles. The maximum Gasteiger partial charge on any atom is 0.328 e. The van der Waals surface area contributed by atoms with Crippen molar-refractivity contribution in [2.24, 2.45) is 7.05 Å². The Morgan fingerprint density at radius 2 is 1.80 bits per heavy atom. The van der Waals surface area contributed by atoms with Crippen LogP contribution in [0.4, 0.5) is 0 Å².